The molecule has 4 heterocycles. The summed E-state index contributed by atoms with van der Waals surface area (Å²) < 4.78 is 11.5. The third-order valence-corrected chi connectivity index (χ3v) is 4.53. The number of benzene rings is 1. The first-order chi connectivity index (χ1) is 12.8. The molecule has 0 saturated carbocycles. The Kier molecular flexibility index (Phi) is 4.55. The maximum Gasteiger partial charge on any atom is 0.229 e. The van der Waals surface area contributed by atoms with Crippen molar-refractivity contribution >= 4 is 46.1 Å². The third-order valence-electron chi connectivity index (χ3n) is 4.53. The molecule has 1 aliphatic rings. The summed E-state index contributed by atoms with van der Waals surface area (Å²) in [6, 6.07) is 11.4. The molecule has 8 heteroatoms. The second kappa shape index (κ2) is 7.02. The van der Waals surface area contributed by atoms with Crippen LogP contribution in [0.5, 0.6) is 0 Å². The van der Waals surface area contributed by atoms with Crippen molar-refractivity contribution in [1.82, 2.24) is 15.0 Å². The van der Waals surface area contributed by atoms with Crippen molar-refractivity contribution in [1.29, 1.82) is 0 Å². The van der Waals surface area contributed by atoms with E-state index in [9.17, 15) is 0 Å². The summed E-state index contributed by atoms with van der Waals surface area (Å²) in [6.45, 7) is 2.84. The zero-order valence-electron chi connectivity index (χ0n) is 14.5. The fourth-order valence-electron chi connectivity index (χ4n) is 3.26. The lowest BCUT2D eigenvalue weighted by Crippen LogP contribution is -2.37. The lowest BCUT2D eigenvalue weighted by molar-refractivity contribution is 0.122. The van der Waals surface area contributed by atoms with Crippen molar-refractivity contribution in [2.45, 2.75) is 0 Å². The van der Waals surface area contributed by atoms with Crippen LogP contribution in [-0.2, 0) is 4.74 Å². The molecule has 1 aliphatic heterocycles. The van der Waals surface area contributed by atoms with E-state index in [-0.39, 0.29) is 12.4 Å². The molecule has 0 bridgehead atoms. The van der Waals surface area contributed by atoms with E-state index in [1.165, 1.54) is 0 Å². The van der Waals surface area contributed by atoms with Crippen molar-refractivity contribution in [3.8, 4) is 11.4 Å². The minimum absolute atomic E-state index is 0. The Hall–Kier alpha value is -2.90. The molecule has 0 amide bonds. The van der Waals surface area contributed by atoms with Crippen molar-refractivity contribution in [3.05, 3.63) is 42.6 Å². The van der Waals surface area contributed by atoms with Gasteiger partial charge in [-0.15, -0.1) is 12.4 Å². The average Bonchev–Trinajstić information content (AvgIpc) is 3.06. The number of rotatable bonds is 2. The number of nitrogens with zero attached hydrogens (tertiary/aromatic N) is 4. The monoisotopic (exact) mass is 383 g/mol. The van der Waals surface area contributed by atoms with Crippen LogP contribution in [-0.4, -0.2) is 41.3 Å². The van der Waals surface area contributed by atoms with E-state index in [4.69, 9.17) is 24.9 Å². The molecule has 0 spiro atoms. The van der Waals surface area contributed by atoms with E-state index in [1.807, 2.05) is 36.4 Å². The van der Waals surface area contributed by atoms with Crippen molar-refractivity contribution in [3.63, 3.8) is 0 Å². The number of anilines is 2. The van der Waals surface area contributed by atoms with Gasteiger partial charge in [0, 0.05) is 30.5 Å². The van der Waals surface area contributed by atoms with Gasteiger partial charge in [-0.05, 0) is 24.3 Å². The highest BCUT2D eigenvalue weighted by atomic mass is 35.5. The van der Waals surface area contributed by atoms with Gasteiger partial charge in [-0.2, -0.15) is 0 Å². The lowest BCUT2D eigenvalue weighted by atomic mass is 10.2. The number of pyridine rings is 1. The van der Waals surface area contributed by atoms with Crippen molar-refractivity contribution < 1.29 is 9.15 Å². The number of aromatic nitrogens is 3. The Morgan fingerprint density at radius 1 is 1.04 bits per heavy atom. The zero-order valence-corrected chi connectivity index (χ0v) is 15.3. The number of nitrogen functional groups attached to an aromatic ring is 1. The number of fused-ring (bicyclic) bond motifs is 3. The smallest absolute Gasteiger partial charge is 0.229 e. The van der Waals surface area contributed by atoms with Crippen LogP contribution in [0.15, 0.2) is 47.0 Å². The summed E-state index contributed by atoms with van der Waals surface area (Å²) in [7, 11) is 0. The number of morpholine rings is 1. The SMILES string of the molecule is Cl.Nc1cccc(-c2nc(N3CCOCC3)c3oc4ncccc4c3n2)c1. The molecule has 0 aliphatic carbocycles. The largest absolute Gasteiger partial charge is 0.432 e. The van der Waals surface area contributed by atoms with Gasteiger partial charge in [0.05, 0.1) is 18.6 Å². The molecule has 4 aromatic rings. The molecular weight excluding hydrogens is 366 g/mol. The molecule has 0 radical (unpaired) electrons. The third kappa shape index (κ3) is 3.05. The van der Waals surface area contributed by atoms with E-state index >= 15 is 0 Å². The molecule has 3 aromatic heterocycles. The Bertz CT molecular complexity index is 1110. The van der Waals surface area contributed by atoms with Gasteiger partial charge in [-0.25, -0.2) is 15.0 Å². The Balaban J connectivity index is 0.00000180. The van der Waals surface area contributed by atoms with Gasteiger partial charge in [0.15, 0.2) is 17.2 Å². The van der Waals surface area contributed by atoms with Crippen LogP contribution in [0.3, 0.4) is 0 Å². The van der Waals surface area contributed by atoms with Crippen LogP contribution in [0.4, 0.5) is 11.5 Å². The van der Waals surface area contributed by atoms with Gasteiger partial charge in [0.1, 0.15) is 5.52 Å². The molecule has 1 saturated heterocycles. The molecule has 2 N–H and O–H groups in total. The Morgan fingerprint density at radius 2 is 1.89 bits per heavy atom. The first kappa shape index (κ1) is 17.5. The number of nitrogens with two attached hydrogens (primary N) is 1. The van der Waals surface area contributed by atoms with Crippen molar-refractivity contribution in [2.24, 2.45) is 0 Å². The zero-order chi connectivity index (χ0) is 17.5. The predicted molar refractivity (Wildman–Crippen MR) is 107 cm³/mol. The topological polar surface area (TPSA) is 90.3 Å². The van der Waals surface area contributed by atoms with E-state index in [0.29, 0.717) is 36.0 Å². The highest BCUT2D eigenvalue weighted by Gasteiger charge is 2.22. The number of furan rings is 1. The molecule has 0 atom stereocenters. The Labute approximate surface area is 161 Å². The van der Waals surface area contributed by atoms with Crippen LogP contribution >= 0.6 is 12.4 Å². The van der Waals surface area contributed by atoms with E-state index in [2.05, 4.69) is 9.88 Å². The minimum atomic E-state index is 0. The number of hydrogen-bond acceptors (Lipinski definition) is 7. The summed E-state index contributed by atoms with van der Waals surface area (Å²) in [6.07, 6.45) is 1.71. The second-order valence-corrected chi connectivity index (χ2v) is 6.23. The summed E-state index contributed by atoms with van der Waals surface area (Å²) >= 11 is 0. The maximum absolute atomic E-state index is 6.01. The van der Waals surface area contributed by atoms with E-state index < -0.39 is 0 Å². The first-order valence-corrected chi connectivity index (χ1v) is 8.53. The van der Waals surface area contributed by atoms with Gasteiger partial charge < -0.3 is 19.8 Å². The average molecular weight is 384 g/mol. The van der Waals surface area contributed by atoms with Crippen molar-refractivity contribution in [2.75, 3.05) is 36.9 Å². The number of hydrogen-bond donors (Lipinski definition) is 1. The van der Waals surface area contributed by atoms with Gasteiger partial charge in [-0.3, -0.25) is 0 Å². The summed E-state index contributed by atoms with van der Waals surface area (Å²) in [5.41, 5.74) is 9.49. The maximum atomic E-state index is 6.01. The fourth-order valence-corrected chi connectivity index (χ4v) is 3.26. The lowest BCUT2D eigenvalue weighted by Gasteiger charge is -2.27. The van der Waals surface area contributed by atoms with Crippen LogP contribution < -0.4 is 10.6 Å². The van der Waals surface area contributed by atoms with Crippen LogP contribution in [0.2, 0.25) is 0 Å². The minimum Gasteiger partial charge on any atom is -0.432 e. The predicted octanol–water partition coefficient (Wildman–Crippen LogP) is 3.28. The van der Waals surface area contributed by atoms with Gasteiger partial charge in [-0.1, -0.05) is 12.1 Å². The Morgan fingerprint density at radius 3 is 2.70 bits per heavy atom. The molecular formula is C19H18ClN5O2. The summed E-state index contributed by atoms with van der Waals surface area (Å²) in [4.78, 5) is 16.1. The molecule has 138 valence electrons. The van der Waals surface area contributed by atoms with Gasteiger partial charge in [0.25, 0.3) is 0 Å². The van der Waals surface area contributed by atoms with E-state index in [1.54, 1.807) is 6.20 Å². The first-order valence-electron chi connectivity index (χ1n) is 8.53. The van der Waals surface area contributed by atoms with E-state index in [0.717, 1.165) is 35.4 Å². The number of ether oxygens (including phenoxy) is 1. The van der Waals surface area contributed by atoms with Crippen LogP contribution in [0.25, 0.3) is 33.6 Å². The highest BCUT2D eigenvalue weighted by Crippen LogP contribution is 2.34. The van der Waals surface area contributed by atoms with Crippen LogP contribution in [0.1, 0.15) is 0 Å². The normalized spacial score (nSPS) is 14.4. The fraction of sp³-hybridized carbons (Fsp3) is 0.211. The molecule has 1 fully saturated rings. The summed E-state index contributed by atoms with van der Waals surface area (Å²) in [5.74, 6) is 1.39. The van der Waals surface area contributed by atoms with Crippen LogP contribution in [0, 0.1) is 0 Å². The highest BCUT2D eigenvalue weighted by molar-refractivity contribution is 6.05. The summed E-state index contributed by atoms with van der Waals surface area (Å²) in [5, 5.41) is 0.879. The molecule has 27 heavy (non-hydrogen) atoms. The molecule has 1 aromatic carbocycles. The molecule has 5 rings (SSSR count). The standard InChI is InChI=1S/C19H17N5O2.ClH/c20-13-4-1-3-12(11-13)17-22-15-14-5-2-6-21-19(14)26-16(15)18(23-17)24-7-9-25-10-8-24;/h1-6,11H,7-10,20H2;1H. The molecule has 7 nitrogen and oxygen atoms in total. The number of halogens is 1. The molecule has 0 unspecified atom stereocenters. The quantitative estimate of drug-likeness (QED) is 0.531. The van der Waals surface area contributed by atoms with Gasteiger partial charge in [0.2, 0.25) is 5.71 Å². The van der Waals surface area contributed by atoms with Gasteiger partial charge >= 0.3 is 0 Å². The second-order valence-electron chi connectivity index (χ2n) is 6.23.